The summed E-state index contributed by atoms with van der Waals surface area (Å²) < 4.78 is 14.8. The zero-order valence-electron chi connectivity index (χ0n) is 12.6. The molecule has 112 valence electrons. The van der Waals surface area contributed by atoms with Crippen LogP contribution in [0.4, 0.5) is 4.39 Å². The molecule has 1 aromatic heterocycles. The first-order chi connectivity index (χ1) is 9.95. The van der Waals surface area contributed by atoms with E-state index < -0.39 is 5.41 Å². The number of Topliss-reactive ketones (excluding diaryl/α,β-unsaturated/α-hetero) is 1. The highest BCUT2D eigenvalue weighted by molar-refractivity contribution is 5.90. The van der Waals surface area contributed by atoms with E-state index in [9.17, 15) is 9.18 Å². The molecular formula is C16H20FN3O. The molecule has 0 radical (unpaired) electrons. The quantitative estimate of drug-likeness (QED) is 0.821. The minimum Gasteiger partial charge on any atom is -0.298 e. The molecule has 0 aliphatic carbocycles. The Labute approximate surface area is 124 Å². The van der Waals surface area contributed by atoms with Gasteiger partial charge in [0.05, 0.1) is 6.42 Å². The van der Waals surface area contributed by atoms with Crippen molar-refractivity contribution in [3.63, 3.8) is 0 Å². The highest BCUT2D eigenvalue weighted by Gasteiger charge is 2.30. The number of hydrogen-bond donors (Lipinski definition) is 0. The number of hydrogen-bond acceptors (Lipinski definition) is 3. The summed E-state index contributed by atoms with van der Waals surface area (Å²) in [5.74, 6) is 0.418. The second-order valence-corrected chi connectivity index (χ2v) is 5.63. The van der Waals surface area contributed by atoms with Gasteiger partial charge < -0.3 is 0 Å². The first kappa shape index (κ1) is 15.4. The van der Waals surface area contributed by atoms with Gasteiger partial charge in [-0.25, -0.2) is 14.1 Å². The number of aromatic nitrogens is 3. The predicted octanol–water partition coefficient (Wildman–Crippen LogP) is 2.92. The molecule has 5 heteroatoms. The van der Waals surface area contributed by atoms with E-state index in [-0.39, 0.29) is 18.0 Å². The van der Waals surface area contributed by atoms with Gasteiger partial charge in [0.15, 0.2) is 0 Å². The summed E-state index contributed by atoms with van der Waals surface area (Å²) >= 11 is 0. The Morgan fingerprint density at radius 3 is 2.57 bits per heavy atom. The average Bonchev–Trinajstić information content (AvgIpc) is 2.87. The second kappa shape index (κ2) is 6.16. The van der Waals surface area contributed by atoms with Crippen molar-refractivity contribution in [3.05, 3.63) is 47.8 Å². The fourth-order valence-electron chi connectivity index (χ4n) is 2.22. The van der Waals surface area contributed by atoms with Crippen molar-refractivity contribution in [2.24, 2.45) is 0 Å². The molecule has 0 bridgehead atoms. The van der Waals surface area contributed by atoms with Crippen molar-refractivity contribution in [3.8, 4) is 0 Å². The Balaban J connectivity index is 2.18. The summed E-state index contributed by atoms with van der Waals surface area (Å²) in [7, 11) is 0. The SMILES string of the molecule is CCCn1ncnc1CC(=O)C(C)(C)c1ccc(F)cc1. The monoisotopic (exact) mass is 289 g/mol. The van der Waals surface area contributed by atoms with Crippen molar-refractivity contribution in [2.75, 3.05) is 0 Å². The minimum absolute atomic E-state index is 0.0412. The standard InChI is InChI=1S/C16H20FN3O/c1-4-9-20-15(18-11-19-20)10-14(21)16(2,3)12-5-7-13(17)8-6-12/h5-8,11H,4,9-10H2,1-3H3. The third-order valence-corrected chi connectivity index (χ3v) is 3.71. The van der Waals surface area contributed by atoms with Crippen LogP contribution in [0.25, 0.3) is 0 Å². The van der Waals surface area contributed by atoms with E-state index in [1.807, 2.05) is 13.8 Å². The topological polar surface area (TPSA) is 47.8 Å². The number of carbonyl (C=O) groups excluding carboxylic acids is 1. The molecule has 2 rings (SSSR count). The third-order valence-electron chi connectivity index (χ3n) is 3.71. The molecule has 0 amide bonds. The van der Waals surface area contributed by atoms with Gasteiger partial charge in [0, 0.05) is 12.0 Å². The first-order valence-electron chi connectivity index (χ1n) is 7.11. The van der Waals surface area contributed by atoms with Crippen LogP contribution in [0.1, 0.15) is 38.6 Å². The number of aryl methyl sites for hydroxylation is 1. The van der Waals surface area contributed by atoms with Crippen LogP contribution >= 0.6 is 0 Å². The number of ketones is 1. The summed E-state index contributed by atoms with van der Waals surface area (Å²) in [6.45, 7) is 6.50. The zero-order chi connectivity index (χ0) is 15.5. The number of nitrogens with zero attached hydrogens (tertiary/aromatic N) is 3. The third kappa shape index (κ3) is 3.35. The normalized spacial score (nSPS) is 11.6. The molecule has 4 nitrogen and oxygen atoms in total. The lowest BCUT2D eigenvalue weighted by Gasteiger charge is -2.23. The maximum absolute atomic E-state index is 13.0. The predicted molar refractivity (Wildman–Crippen MR) is 78.5 cm³/mol. The van der Waals surface area contributed by atoms with Crippen LogP contribution in [0, 0.1) is 5.82 Å². The van der Waals surface area contributed by atoms with Crippen LogP contribution in [0.5, 0.6) is 0 Å². The van der Waals surface area contributed by atoms with E-state index in [1.165, 1.54) is 18.5 Å². The molecule has 0 N–H and O–H groups in total. The largest absolute Gasteiger partial charge is 0.298 e. The Morgan fingerprint density at radius 1 is 1.29 bits per heavy atom. The number of rotatable bonds is 6. The molecule has 1 aromatic carbocycles. The van der Waals surface area contributed by atoms with Crippen molar-refractivity contribution >= 4 is 5.78 Å². The van der Waals surface area contributed by atoms with Gasteiger partial charge in [-0.05, 0) is 38.0 Å². The van der Waals surface area contributed by atoms with Crippen molar-refractivity contribution in [1.82, 2.24) is 14.8 Å². The summed E-state index contributed by atoms with van der Waals surface area (Å²) in [5.41, 5.74) is 0.118. The first-order valence-corrected chi connectivity index (χ1v) is 7.11. The maximum atomic E-state index is 13.0. The average molecular weight is 289 g/mol. The molecule has 0 aliphatic rings. The smallest absolute Gasteiger partial charge is 0.150 e. The van der Waals surface area contributed by atoms with Gasteiger partial charge in [0.25, 0.3) is 0 Å². The highest BCUT2D eigenvalue weighted by atomic mass is 19.1. The molecule has 0 atom stereocenters. The van der Waals surface area contributed by atoms with Crippen LogP contribution in [0.15, 0.2) is 30.6 Å². The molecule has 0 saturated heterocycles. The maximum Gasteiger partial charge on any atom is 0.150 e. The van der Waals surface area contributed by atoms with Crippen molar-refractivity contribution < 1.29 is 9.18 Å². The summed E-state index contributed by atoms with van der Waals surface area (Å²) in [4.78, 5) is 16.8. The van der Waals surface area contributed by atoms with E-state index in [1.54, 1.807) is 16.8 Å². The number of carbonyl (C=O) groups is 1. The lowest BCUT2D eigenvalue weighted by atomic mass is 9.79. The fourth-order valence-corrected chi connectivity index (χ4v) is 2.22. The van der Waals surface area contributed by atoms with Crippen molar-refractivity contribution in [1.29, 1.82) is 0 Å². The molecule has 0 saturated carbocycles. The van der Waals surface area contributed by atoms with E-state index in [4.69, 9.17) is 0 Å². The van der Waals surface area contributed by atoms with Gasteiger partial charge in [-0.3, -0.25) is 4.79 Å². The Hall–Kier alpha value is -2.04. The molecule has 1 heterocycles. The highest BCUT2D eigenvalue weighted by Crippen LogP contribution is 2.25. The van der Waals surface area contributed by atoms with E-state index in [0.29, 0.717) is 5.82 Å². The summed E-state index contributed by atoms with van der Waals surface area (Å²) in [6, 6.07) is 6.07. The van der Waals surface area contributed by atoms with Crippen LogP contribution in [-0.2, 0) is 23.2 Å². The van der Waals surface area contributed by atoms with Gasteiger partial charge >= 0.3 is 0 Å². The molecule has 2 aromatic rings. The zero-order valence-corrected chi connectivity index (χ0v) is 12.6. The van der Waals surface area contributed by atoms with Gasteiger partial charge in [-0.15, -0.1) is 0 Å². The van der Waals surface area contributed by atoms with E-state index in [2.05, 4.69) is 17.0 Å². The van der Waals surface area contributed by atoms with E-state index >= 15 is 0 Å². The van der Waals surface area contributed by atoms with Crippen LogP contribution in [0.2, 0.25) is 0 Å². The lowest BCUT2D eigenvalue weighted by molar-refractivity contribution is -0.123. The van der Waals surface area contributed by atoms with Gasteiger partial charge in [-0.1, -0.05) is 19.1 Å². The molecular weight excluding hydrogens is 269 g/mol. The second-order valence-electron chi connectivity index (χ2n) is 5.63. The minimum atomic E-state index is -0.684. The molecule has 21 heavy (non-hydrogen) atoms. The molecule has 0 unspecified atom stereocenters. The summed E-state index contributed by atoms with van der Waals surface area (Å²) in [6.07, 6.45) is 2.64. The number of halogens is 1. The Bertz CT molecular complexity index is 617. The van der Waals surface area contributed by atoms with Gasteiger partial charge in [-0.2, -0.15) is 5.10 Å². The fraction of sp³-hybridized carbons (Fsp3) is 0.438. The van der Waals surface area contributed by atoms with Crippen molar-refractivity contribution in [2.45, 2.75) is 45.6 Å². The molecule has 0 fully saturated rings. The van der Waals surface area contributed by atoms with Gasteiger partial charge in [0.2, 0.25) is 0 Å². The number of benzene rings is 1. The Morgan fingerprint density at radius 2 is 1.95 bits per heavy atom. The van der Waals surface area contributed by atoms with Crippen LogP contribution in [-0.4, -0.2) is 20.5 Å². The van der Waals surface area contributed by atoms with Crippen LogP contribution in [0.3, 0.4) is 0 Å². The summed E-state index contributed by atoms with van der Waals surface area (Å²) in [5, 5.41) is 4.13. The van der Waals surface area contributed by atoms with Crippen LogP contribution < -0.4 is 0 Å². The lowest BCUT2D eigenvalue weighted by Crippen LogP contribution is -2.31. The molecule has 0 aliphatic heterocycles. The Kier molecular flexibility index (Phi) is 4.50. The van der Waals surface area contributed by atoms with E-state index in [0.717, 1.165) is 18.5 Å². The molecule has 0 spiro atoms. The van der Waals surface area contributed by atoms with Gasteiger partial charge in [0.1, 0.15) is 23.8 Å².